The van der Waals surface area contributed by atoms with Crippen LogP contribution in [0.15, 0.2) is 47.4 Å². The predicted octanol–water partition coefficient (Wildman–Crippen LogP) is 2.20. The molecular formula is C21H27N3O3S. The van der Waals surface area contributed by atoms with Crippen molar-refractivity contribution in [1.29, 1.82) is 0 Å². The summed E-state index contributed by atoms with van der Waals surface area (Å²) < 4.78 is 27.6. The quantitative estimate of drug-likeness (QED) is 0.834. The average Bonchev–Trinajstić information content (AvgIpc) is 3.21. The molecule has 0 atom stereocenters. The van der Waals surface area contributed by atoms with E-state index in [1.54, 1.807) is 12.1 Å². The molecule has 0 radical (unpaired) electrons. The first kappa shape index (κ1) is 19.4. The Labute approximate surface area is 166 Å². The molecule has 1 aliphatic carbocycles. The summed E-state index contributed by atoms with van der Waals surface area (Å²) >= 11 is 0. The van der Waals surface area contributed by atoms with Gasteiger partial charge in [-0.05, 0) is 35.7 Å². The molecule has 1 heterocycles. The van der Waals surface area contributed by atoms with E-state index in [0.717, 1.165) is 23.6 Å². The first-order valence-corrected chi connectivity index (χ1v) is 11.5. The van der Waals surface area contributed by atoms with Crippen LogP contribution in [0.25, 0.3) is 10.8 Å². The first-order chi connectivity index (χ1) is 13.5. The maximum Gasteiger partial charge on any atom is 0.243 e. The molecule has 150 valence electrons. The number of fused-ring (bicyclic) bond motifs is 1. The highest BCUT2D eigenvalue weighted by molar-refractivity contribution is 7.89. The molecule has 28 heavy (non-hydrogen) atoms. The van der Waals surface area contributed by atoms with Gasteiger partial charge in [0.1, 0.15) is 0 Å². The van der Waals surface area contributed by atoms with Crippen molar-refractivity contribution in [3.8, 4) is 0 Å². The Hall–Kier alpha value is -1.96. The molecule has 2 aromatic carbocycles. The number of carbonyl (C=O) groups is 1. The monoisotopic (exact) mass is 401 g/mol. The van der Waals surface area contributed by atoms with Gasteiger partial charge in [0, 0.05) is 32.2 Å². The lowest BCUT2D eigenvalue weighted by atomic mass is 10.1. The van der Waals surface area contributed by atoms with Crippen molar-refractivity contribution in [2.45, 2.75) is 36.6 Å². The van der Waals surface area contributed by atoms with Crippen LogP contribution in [0.1, 0.15) is 25.7 Å². The van der Waals surface area contributed by atoms with E-state index in [2.05, 4.69) is 5.32 Å². The minimum absolute atomic E-state index is 0.0535. The smallest absolute Gasteiger partial charge is 0.243 e. The number of piperazine rings is 1. The number of sulfonamides is 1. The van der Waals surface area contributed by atoms with Gasteiger partial charge in [0.25, 0.3) is 0 Å². The van der Waals surface area contributed by atoms with E-state index in [1.807, 2.05) is 35.2 Å². The van der Waals surface area contributed by atoms with Crippen molar-refractivity contribution < 1.29 is 13.2 Å². The fourth-order valence-corrected chi connectivity index (χ4v) is 5.61. The molecule has 1 saturated carbocycles. The van der Waals surface area contributed by atoms with Gasteiger partial charge >= 0.3 is 0 Å². The molecule has 0 aromatic heterocycles. The van der Waals surface area contributed by atoms with E-state index in [-0.39, 0.29) is 5.91 Å². The van der Waals surface area contributed by atoms with Crippen molar-refractivity contribution in [3.05, 3.63) is 42.5 Å². The Morgan fingerprint density at radius 2 is 1.64 bits per heavy atom. The van der Waals surface area contributed by atoms with E-state index >= 15 is 0 Å². The number of nitrogens with one attached hydrogen (secondary N) is 1. The normalized spacial score (nSPS) is 19.9. The summed E-state index contributed by atoms with van der Waals surface area (Å²) in [6.45, 7) is 2.31. The third-order valence-corrected chi connectivity index (χ3v) is 7.67. The number of amides is 1. The van der Waals surface area contributed by atoms with E-state index in [1.165, 1.54) is 17.1 Å². The van der Waals surface area contributed by atoms with Gasteiger partial charge in [0.05, 0.1) is 11.4 Å². The van der Waals surface area contributed by atoms with Crippen molar-refractivity contribution in [2.75, 3.05) is 32.7 Å². The van der Waals surface area contributed by atoms with Crippen LogP contribution in [-0.2, 0) is 14.8 Å². The number of hydrogen-bond acceptors (Lipinski definition) is 4. The summed E-state index contributed by atoms with van der Waals surface area (Å²) in [5, 5.41) is 5.05. The molecule has 7 heteroatoms. The summed E-state index contributed by atoms with van der Waals surface area (Å²) in [5.74, 6) is 0.0535. The Balaban J connectivity index is 1.36. The number of carbonyl (C=O) groups excluding carboxylic acids is 1. The van der Waals surface area contributed by atoms with Crippen LogP contribution in [0.3, 0.4) is 0 Å². The topological polar surface area (TPSA) is 69.7 Å². The van der Waals surface area contributed by atoms with E-state index in [9.17, 15) is 13.2 Å². The summed E-state index contributed by atoms with van der Waals surface area (Å²) in [5.41, 5.74) is 0. The van der Waals surface area contributed by atoms with Gasteiger partial charge in [0.15, 0.2) is 0 Å². The van der Waals surface area contributed by atoms with Crippen molar-refractivity contribution >= 4 is 26.7 Å². The van der Waals surface area contributed by atoms with Gasteiger partial charge in [-0.3, -0.25) is 9.69 Å². The highest BCUT2D eigenvalue weighted by Crippen LogP contribution is 2.23. The first-order valence-electron chi connectivity index (χ1n) is 10.0. The summed E-state index contributed by atoms with van der Waals surface area (Å²) in [7, 11) is -3.52. The van der Waals surface area contributed by atoms with Gasteiger partial charge in [-0.15, -0.1) is 0 Å². The second-order valence-corrected chi connectivity index (χ2v) is 9.68. The molecule has 1 amide bonds. The van der Waals surface area contributed by atoms with E-state index in [4.69, 9.17) is 0 Å². The second kappa shape index (κ2) is 8.19. The zero-order chi connectivity index (χ0) is 19.6. The fourth-order valence-electron chi connectivity index (χ4n) is 4.15. The molecule has 0 spiro atoms. The van der Waals surface area contributed by atoms with Crippen molar-refractivity contribution in [1.82, 2.24) is 14.5 Å². The lowest BCUT2D eigenvalue weighted by Gasteiger charge is -2.33. The number of benzene rings is 2. The van der Waals surface area contributed by atoms with Gasteiger partial charge in [-0.2, -0.15) is 4.31 Å². The van der Waals surface area contributed by atoms with Crippen LogP contribution in [0, 0.1) is 0 Å². The molecule has 4 rings (SSSR count). The summed E-state index contributed by atoms with van der Waals surface area (Å²) in [4.78, 5) is 14.6. The third-order valence-electron chi connectivity index (χ3n) is 5.78. The zero-order valence-electron chi connectivity index (χ0n) is 16.0. The lowest BCUT2D eigenvalue weighted by Crippen LogP contribution is -2.51. The maximum atomic E-state index is 13.0. The third kappa shape index (κ3) is 4.21. The van der Waals surface area contributed by atoms with Crippen LogP contribution in [0.5, 0.6) is 0 Å². The van der Waals surface area contributed by atoms with E-state index < -0.39 is 10.0 Å². The Morgan fingerprint density at radius 3 is 2.36 bits per heavy atom. The predicted molar refractivity (Wildman–Crippen MR) is 110 cm³/mol. The van der Waals surface area contributed by atoms with Crippen LogP contribution < -0.4 is 5.32 Å². The van der Waals surface area contributed by atoms with Gasteiger partial charge in [-0.25, -0.2) is 8.42 Å². The molecule has 0 bridgehead atoms. The highest BCUT2D eigenvalue weighted by Gasteiger charge is 2.29. The second-order valence-electron chi connectivity index (χ2n) is 7.74. The minimum Gasteiger partial charge on any atom is -0.352 e. The number of rotatable bonds is 5. The largest absolute Gasteiger partial charge is 0.352 e. The molecule has 6 nitrogen and oxygen atoms in total. The molecule has 0 unspecified atom stereocenters. The van der Waals surface area contributed by atoms with Gasteiger partial charge in [-0.1, -0.05) is 43.2 Å². The SMILES string of the molecule is O=C(CN1CCN(S(=O)(=O)c2ccc3ccccc3c2)CC1)NC1CCCC1. The Morgan fingerprint density at radius 1 is 0.964 bits per heavy atom. The van der Waals surface area contributed by atoms with Gasteiger partial charge < -0.3 is 5.32 Å². The van der Waals surface area contributed by atoms with Gasteiger partial charge in [0.2, 0.25) is 15.9 Å². The molecule has 1 N–H and O–H groups in total. The molecule has 1 aliphatic heterocycles. The van der Waals surface area contributed by atoms with E-state index in [0.29, 0.717) is 43.7 Å². The van der Waals surface area contributed by atoms with Crippen LogP contribution >= 0.6 is 0 Å². The van der Waals surface area contributed by atoms with Crippen molar-refractivity contribution in [2.24, 2.45) is 0 Å². The number of nitrogens with zero attached hydrogens (tertiary/aromatic N) is 2. The van der Waals surface area contributed by atoms with Crippen LogP contribution in [0.4, 0.5) is 0 Å². The fraction of sp³-hybridized carbons (Fsp3) is 0.476. The zero-order valence-corrected chi connectivity index (χ0v) is 16.8. The molecule has 2 aromatic rings. The molecular weight excluding hydrogens is 374 g/mol. The maximum absolute atomic E-state index is 13.0. The van der Waals surface area contributed by atoms with Crippen LogP contribution in [-0.4, -0.2) is 62.3 Å². The standard InChI is InChI=1S/C21H27N3O3S/c25-21(22-19-7-3-4-8-19)16-23-11-13-24(14-12-23)28(26,27)20-10-9-17-5-1-2-6-18(17)15-20/h1-2,5-6,9-10,15,19H,3-4,7-8,11-14,16H2,(H,22,25). The average molecular weight is 402 g/mol. The van der Waals surface area contributed by atoms with Crippen molar-refractivity contribution in [3.63, 3.8) is 0 Å². The highest BCUT2D eigenvalue weighted by atomic mass is 32.2. The summed E-state index contributed by atoms with van der Waals surface area (Å²) in [6.07, 6.45) is 4.53. The molecule has 1 saturated heterocycles. The Bertz CT molecular complexity index is 946. The van der Waals surface area contributed by atoms with Crippen LogP contribution in [0.2, 0.25) is 0 Å². The minimum atomic E-state index is -3.52. The Kier molecular flexibility index (Phi) is 5.66. The molecule has 2 aliphatic rings. The lowest BCUT2D eigenvalue weighted by molar-refractivity contribution is -0.123. The summed E-state index contributed by atoms with van der Waals surface area (Å²) in [6, 6.07) is 13.3. The molecule has 2 fully saturated rings. The number of hydrogen-bond donors (Lipinski definition) is 1.